The minimum Gasteiger partial charge on any atom is -0.461 e. The SMILES string of the molecule is CCOC(=O)c1cc(S(=O)(=O)NC(C)c2cccc(-n3cccn3)c2)[nH]n1. The minimum atomic E-state index is -3.90. The Labute approximate surface area is 156 Å². The van der Waals surface area contributed by atoms with Gasteiger partial charge in [0.2, 0.25) is 0 Å². The van der Waals surface area contributed by atoms with Crippen molar-refractivity contribution in [3.8, 4) is 5.69 Å². The number of nitrogens with one attached hydrogen (secondary N) is 2. The fraction of sp³-hybridized carbons (Fsp3) is 0.235. The number of aromatic amines is 1. The van der Waals surface area contributed by atoms with Gasteiger partial charge in [-0.25, -0.2) is 22.6 Å². The largest absolute Gasteiger partial charge is 0.461 e. The molecule has 0 fully saturated rings. The van der Waals surface area contributed by atoms with E-state index in [1.165, 1.54) is 0 Å². The van der Waals surface area contributed by atoms with Gasteiger partial charge in [0.15, 0.2) is 10.7 Å². The molecule has 2 aromatic heterocycles. The highest BCUT2D eigenvalue weighted by molar-refractivity contribution is 7.89. The van der Waals surface area contributed by atoms with E-state index in [4.69, 9.17) is 4.74 Å². The number of sulfonamides is 1. The van der Waals surface area contributed by atoms with Gasteiger partial charge in [0, 0.05) is 24.5 Å². The number of benzene rings is 1. The van der Waals surface area contributed by atoms with Crippen LogP contribution in [-0.2, 0) is 14.8 Å². The normalized spacial score (nSPS) is 12.7. The van der Waals surface area contributed by atoms with Crippen LogP contribution in [0, 0.1) is 0 Å². The van der Waals surface area contributed by atoms with Crippen molar-refractivity contribution in [3.63, 3.8) is 0 Å². The maximum atomic E-state index is 12.6. The Kier molecular flexibility index (Phi) is 5.38. The van der Waals surface area contributed by atoms with Crippen LogP contribution < -0.4 is 4.72 Å². The molecule has 10 heteroatoms. The fourth-order valence-corrected chi connectivity index (χ4v) is 3.63. The van der Waals surface area contributed by atoms with Gasteiger partial charge in [-0.15, -0.1) is 0 Å². The van der Waals surface area contributed by atoms with Crippen LogP contribution in [0.25, 0.3) is 5.69 Å². The molecule has 27 heavy (non-hydrogen) atoms. The van der Waals surface area contributed by atoms with Gasteiger partial charge in [-0.1, -0.05) is 12.1 Å². The Balaban J connectivity index is 1.78. The van der Waals surface area contributed by atoms with Gasteiger partial charge in [0.1, 0.15) is 0 Å². The molecule has 0 saturated heterocycles. The molecule has 1 aromatic carbocycles. The number of aromatic nitrogens is 4. The van der Waals surface area contributed by atoms with Crippen LogP contribution in [0.3, 0.4) is 0 Å². The highest BCUT2D eigenvalue weighted by Gasteiger charge is 2.23. The van der Waals surface area contributed by atoms with Crippen LogP contribution >= 0.6 is 0 Å². The van der Waals surface area contributed by atoms with E-state index in [1.54, 1.807) is 37.0 Å². The van der Waals surface area contributed by atoms with Gasteiger partial charge < -0.3 is 4.74 Å². The zero-order valence-corrected chi connectivity index (χ0v) is 15.6. The van der Waals surface area contributed by atoms with E-state index < -0.39 is 22.0 Å². The summed E-state index contributed by atoms with van der Waals surface area (Å²) in [5, 5.41) is 10.0. The van der Waals surface area contributed by atoms with Gasteiger partial charge in [0.05, 0.1) is 12.3 Å². The third-order valence-corrected chi connectivity index (χ3v) is 5.25. The predicted molar refractivity (Wildman–Crippen MR) is 96.8 cm³/mol. The zero-order chi connectivity index (χ0) is 19.4. The van der Waals surface area contributed by atoms with Crippen LogP contribution in [0.4, 0.5) is 0 Å². The van der Waals surface area contributed by atoms with Gasteiger partial charge in [0.25, 0.3) is 10.0 Å². The summed E-state index contributed by atoms with van der Waals surface area (Å²) in [5.74, 6) is -0.685. The first-order chi connectivity index (χ1) is 12.9. The number of nitrogens with zero attached hydrogens (tertiary/aromatic N) is 3. The summed E-state index contributed by atoms with van der Waals surface area (Å²) in [5.41, 5.74) is 1.48. The molecule has 0 saturated carbocycles. The van der Waals surface area contributed by atoms with E-state index in [0.717, 1.165) is 17.3 Å². The van der Waals surface area contributed by atoms with Crippen molar-refractivity contribution in [3.05, 3.63) is 60.0 Å². The third-order valence-electron chi connectivity index (χ3n) is 3.80. The van der Waals surface area contributed by atoms with Crippen LogP contribution in [0.2, 0.25) is 0 Å². The molecule has 3 aromatic rings. The maximum Gasteiger partial charge on any atom is 0.358 e. The summed E-state index contributed by atoms with van der Waals surface area (Å²) in [6.07, 6.45) is 3.47. The van der Waals surface area contributed by atoms with Gasteiger partial charge >= 0.3 is 5.97 Å². The summed E-state index contributed by atoms with van der Waals surface area (Å²) in [6, 6.07) is 9.80. The molecule has 2 N–H and O–H groups in total. The van der Waals surface area contributed by atoms with Crippen molar-refractivity contribution in [1.82, 2.24) is 24.7 Å². The second kappa shape index (κ2) is 7.72. The number of carbonyl (C=O) groups excluding carboxylic acids is 1. The van der Waals surface area contributed by atoms with E-state index in [9.17, 15) is 13.2 Å². The molecular weight excluding hydrogens is 370 g/mol. The summed E-state index contributed by atoms with van der Waals surface area (Å²) >= 11 is 0. The maximum absolute atomic E-state index is 12.6. The molecule has 0 amide bonds. The molecule has 1 atom stereocenters. The van der Waals surface area contributed by atoms with E-state index >= 15 is 0 Å². The number of hydrogen-bond acceptors (Lipinski definition) is 6. The molecule has 9 nitrogen and oxygen atoms in total. The number of carbonyl (C=O) groups is 1. The van der Waals surface area contributed by atoms with E-state index in [-0.39, 0.29) is 17.3 Å². The third kappa shape index (κ3) is 4.23. The molecular formula is C17H19N5O4S. The lowest BCUT2D eigenvalue weighted by atomic mass is 10.1. The van der Waals surface area contributed by atoms with Gasteiger partial charge in [-0.3, -0.25) is 5.10 Å². The van der Waals surface area contributed by atoms with Crippen molar-refractivity contribution in [2.45, 2.75) is 24.9 Å². The average Bonchev–Trinajstić information content (AvgIpc) is 3.34. The first-order valence-corrected chi connectivity index (χ1v) is 9.74. The first kappa shape index (κ1) is 18.8. The molecule has 0 bridgehead atoms. The van der Waals surface area contributed by atoms with Crippen molar-refractivity contribution < 1.29 is 17.9 Å². The Morgan fingerprint density at radius 1 is 1.33 bits per heavy atom. The van der Waals surface area contributed by atoms with Crippen molar-refractivity contribution in [2.75, 3.05) is 6.61 Å². The van der Waals surface area contributed by atoms with Crippen molar-refractivity contribution in [2.24, 2.45) is 0 Å². The van der Waals surface area contributed by atoms with Crippen molar-refractivity contribution in [1.29, 1.82) is 0 Å². The summed E-state index contributed by atoms with van der Waals surface area (Å²) in [6.45, 7) is 3.56. The van der Waals surface area contributed by atoms with Crippen molar-refractivity contribution >= 4 is 16.0 Å². The van der Waals surface area contributed by atoms with Crippen LogP contribution in [0.15, 0.2) is 53.8 Å². The highest BCUT2D eigenvalue weighted by atomic mass is 32.2. The minimum absolute atomic E-state index is 0.0921. The van der Waals surface area contributed by atoms with Gasteiger partial charge in [-0.2, -0.15) is 10.2 Å². The Morgan fingerprint density at radius 2 is 2.15 bits per heavy atom. The number of ether oxygens (including phenoxy) is 1. The number of rotatable bonds is 7. The van der Waals surface area contributed by atoms with E-state index in [2.05, 4.69) is 20.0 Å². The van der Waals surface area contributed by atoms with Crippen LogP contribution in [0.5, 0.6) is 0 Å². The predicted octanol–water partition coefficient (Wildman–Crippen LogP) is 1.81. The Bertz CT molecular complexity index is 1030. The lowest BCUT2D eigenvalue weighted by Crippen LogP contribution is -2.27. The number of esters is 1. The Morgan fingerprint density at radius 3 is 2.85 bits per heavy atom. The topological polar surface area (TPSA) is 119 Å². The molecule has 1 unspecified atom stereocenters. The molecule has 0 aliphatic heterocycles. The second-order valence-electron chi connectivity index (χ2n) is 5.73. The quantitative estimate of drug-likeness (QED) is 0.595. The smallest absolute Gasteiger partial charge is 0.358 e. The summed E-state index contributed by atoms with van der Waals surface area (Å²) in [7, 11) is -3.90. The molecule has 142 valence electrons. The lowest BCUT2D eigenvalue weighted by molar-refractivity contribution is 0.0519. The first-order valence-electron chi connectivity index (χ1n) is 8.25. The molecule has 0 aliphatic carbocycles. The summed E-state index contributed by atoms with van der Waals surface area (Å²) in [4.78, 5) is 11.7. The van der Waals surface area contributed by atoms with Crippen LogP contribution in [-0.4, -0.2) is 41.0 Å². The molecule has 0 spiro atoms. The molecule has 2 heterocycles. The standard InChI is InChI=1S/C17H19N5O4S/c1-3-26-17(23)15-11-16(20-19-15)27(24,25)21-12(2)13-6-4-7-14(10-13)22-9-5-8-18-22/h4-12,21H,3H2,1-2H3,(H,19,20). The monoisotopic (exact) mass is 389 g/mol. The Hall–Kier alpha value is -2.98. The van der Waals surface area contributed by atoms with E-state index in [0.29, 0.717) is 0 Å². The molecule has 0 aliphatic rings. The zero-order valence-electron chi connectivity index (χ0n) is 14.8. The number of H-pyrrole nitrogens is 1. The lowest BCUT2D eigenvalue weighted by Gasteiger charge is -2.15. The average molecular weight is 389 g/mol. The second-order valence-corrected chi connectivity index (χ2v) is 7.41. The molecule has 3 rings (SSSR count). The number of hydrogen-bond donors (Lipinski definition) is 2. The van der Waals surface area contributed by atoms with E-state index in [1.807, 2.05) is 24.3 Å². The van der Waals surface area contributed by atoms with Gasteiger partial charge in [-0.05, 0) is 37.6 Å². The summed E-state index contributed by atoms with van der Waals surface area (Å²) < 4.78 is 34.2. The fourth-order valence-electron chi connectivity index (χ4n) is 2.47. The highest BCUT2D eigenvalue weighted by Crippen LogP contribution is 2.19. The van der Waals surface area contributed by atoms with Crippen LogP contribution in [0.1, 0.15) is 35.9 Å². The molecule has 0 radical (unpaired) electrons.